The van der Waals surface area contributed by atoms with E-state index in [1.807, 2.05) is 30.3 Å². The second kappa shape index (κ2) is 9.95. The van der Waals surface area contributed by atoms with Crippen molar-refractivity contribution in [3.05, 3.63) is 65.7 Å². The fourth-order valence-electron chi connectivity index (χ4n) is 5.26. The zero-order valence-electron chi connectivity index (χ0n) is 19.4. The van der Waals surface area contributed by atoms with Crippen LogP contribution >= 0.6 is 0 Å². The van der Waals surface area contributed by atoms with Gasteiger partial charge in [0.2, 0.25) is 10.0 Å². The van der Waals surface area contributed by atoms with Crippen LogP contribution in [0, 0.1) is 17.8 Å². The van der Waals surface area contributed by atoms with Gasteiger partial charge in [0.15, 0.2) is 0 Å². The van der Waals surface area contributed by atoms with Crippen molar-refractivity contribution in [2.24, 2.45) is 17.8 Å². The molecule has 2 fully saturated rings. The highest BCUT2D eigenvalue weighted by Gasteiger charge is 2.33. The second-order valence-electron chi connectivity index (χ2n) is 9.78. The normalized spacial score (nSPS) is 23.9. The number of sulfonamides is 1. The molecule has 2 aliphatic rings. The molecule has 1 amide bonds. The molecule has 2 aromatic carbocycles. The molecule has 0 radical (unpaired) electrons. The molecule has 3 unspecified atom stereocenters. The lowest BCUT2D eigenvalue weighted by molar-refractivity contribution is 0.0462. The molecule has 0 saturated carbocycles. The van der Waals surface area contributed by atoms with Crippen LogP contribution in [0.5, 0.6) is 0 Å². The van der Waals surface area contributed by atoms with E-state index in [4.69, 9.17) is 0 Å². The second-order valence-corrected chi connectivity index (χ2v) is 11.7. The summed E-state index contributed by atoms with van der Waals surface area (Å²) in [5.41, 5.74) is 1.30. The van der Waals surface area contributed by atoms with Gasteiger partial charge in [-0.3, -0.25) is 4.79 Å². The molecule has 2 heterocycles. The Kier molecular flexibility index (Phi) is 7.22. The predicted molar refractivity (Wildman–Crippen MR) is 128 cm³/mol. The van der Waals surface area contributed by atoms with Crippen molar-refractivity contribution < 1.29 is 18.3 Å². The van der Waals surface area contributed by atoms with Gasteiger partial charge < -0.3 is 10.0 Å². The lowest BCUT2D eigenvalue weighted by atomic mass is 9.87. The van der Waals surface area contributed by atoms with E-state index in [0.717, 1.165) is 12.0 Å². The Morgan fingerprint density at radius 3 is 2.24 bits per heavy atom. The molecule has 2 saturated heterocycles. The van der Waals surface area contributed by atoms with Gasteiger partial charge in [-0.25, -0.2) is 8.42 Å². The number of aliphatic hydroxyl groups excluding tert-OH is 1. The number of aliphatic hydroxyl groups is 1. The van der Waals surface area contributed by atoms with Crippen molar-refractivity contribution in [1.29, 1.82) is 0 Å². The minimum absolute atomic E-state index is 0.103. The van der Waals surface area contributed by atoms with E-state index in [0.29, 0.717) is 56.4 Å². The Morgan fingerprint density at radius 1 is 0.970 bits per heavy atom. The molecule has 0 spiro atoms. The van der Waals surface area contributed by atoms with Crippen molar-refractivity contribution >= 4 is 15.9 Å². The number of carbonyl (C=O) groups excluding carboxylic acids is 1. The summed E-state index contributed by atoms with van der Waals surface area (Å²) in [6.45, 7) is 6.29. The SMILES string of the molecule is CC1CC(C)CN(S(=O)(=O)c2cccc(C(=O)N3CCC(C(O)c4ccccc4)CC3)c2)C1. The summed E-state index contributed by atoms with van der Waals surface area (Å²) >= 11 is 0. The van der Waals surface area contributed by atoms with Gasteiger partial charge in [-0.2, -0.15) is 4.31 Å². The topological polar surface area (TPSA) is 77.9 Å². The first kappa shape index (κ1) is 23.9. The van der Waals surface area contributed by atoms with Crippen molar-refractivity contribution in [2.45, 2.75) is 44.1 Å². The molecule has 2 aromatic rings. The summed E-state index contributed by atoms with van der Waals surface area (Å²) in [7, 11) is -3.64. The Balaban J connectivity index is 1.43. The van der Waals surface area contributed by atoms with E-state index in [9.17, 15) is 18.3 Å². The van der Waals surface area contributed by atoms with Crippen LogP contribution < -0.4 is 0 Å². The lowest BCUT2D eigenvalue weighted by Gasteiger charge is -2.35. The first-order valence-electron chi connectivity index (χ1n) is 11.9. The molecule has 7 heteroatoms. The maximum Gasteiger partial charge on any atom is 0.253 e. The molecule has 178 valence electrons. The third-order valence-corrected chi connectivity index (χ3v) is 8.80. The van der Waals surface area contributed by atoms with Gasteiger partial charge in [-0.15, -0.1) is 0 Å². The van der Waals surface area contributed by atoms with Crippen molar-refractivity contribution in [2.75, 3.05) is 26.2 Å². The summed E-state index contributed by atoms with van der Waals surface area (Å²) in [5.74, 6) is 0.591. The number of likely N-dealkylation sites (tertiary alicyclic amines) is 1. The average Bonchev–Trinajstić information content (AvgIpc) is 2.83. The van der Waals surface area contributed by atoms with Gasteiger partial charge in [0.25, 0.3) is 5.91 Å². The van der Waals surface area contributed by atoms with Crippen LogP contribution in [-0.2, 0) is 10.0 Å². The molecule has 6 nitrogen and oxygen atoms in total. The number of carbonyl (C=O) groups is 1. The maximum atomic E-state index is 13.3. The van der Waals surface area contributed by atoms with Gasteiger partial charge in [0.1, 0.15) is 0 Å². The molecule has 33 heavy (non-hydrogen) atoms. The number of piperidine rings is 2. The molecule has 0 bridgehead atoms. The highest BCUT2D eigenvalue weighted by molar-refractivity contribution is 7.89. The van der Waals surface area contributed by atoms with Gasteiger partial charge in [0, 0.05) is 31.7 Å². The standard InChI is InChI=1S/C26H34N2O4S/c1-19-15-20(2)18-28(17-19)33(31,32)24-10-6-9-23(16-24)26(30)27-13-11-22(12-14-27)25(29)21-7-4-3-5-8-21/h3-10,16,19-20,22,25,29H,11-15,17-18H2,1-2H3. The predicted octanol–water partition coefficient (Wildman–Crippen LogP) is 3.94. The van der Waals surface area contributed by atoms with Crippen molar-refractivity contribution in [1.82, 2.24) is 9.21 Å². The molecule has 4 rings (SSSR count). The summed E-state index contributed by atoms with van der Waals surface area (Å²) in [5, 5.41) is 10.7. The maximum absolute atomic E-state index is 13.3. The molecule has 2 aliphatic heterocycles. The molecule has 1 N–H and O–H groups in total. The summed E-state index contributed by atoms with van der Waals surface area (Å²) in [6.07, 6.45) is 1.91. The van der Waals surface area contributed by atoms with E-state index < -0.39 is 16.1 Å². The lowest BCUT2D eigenvalue weighted by Crippen LogP contribution is -2.42. The van der Waals surface area contributed by atoms with Gasteiger partial charge in [-0.05, 0) is 60.8 Å². The van der Waals surface area contributed by atoms with Gasteiger partial charge >= 0.3 is 0 Å². The summed E-state index contributed by atoms with van der Waals surface area (Å²) in [4.78, 5) is 15.1. The van der Waals surface area contributed by atoms with E-state index in [2.05, 4.69) is 13.8 Å². The van der Waals surface area contributed by atoms with Crippen molar-refractivity contribution in [3.8, 4) is 0 Å². The molecule has 0 aromatic heterocycles. The van der Waals surface area contributed by atoms with Crippen LogP contribution in [-0.4, -0.2) is 54.8 Å². The highest BCUT2D eigenvalue weighted by atomic mass is 32.2. The van der Waals surface area contributed by atoms with Gasteiger partial charge in [0.05, 0.1) is 11.0 Å². The zero-order chi connectivity index (χ0) is 23.6. The number of hydrogen-bond donors (Lipinski definition) is 1. The van der Waals surface area contributed by atoms with E-state index >= 15 is 0 Å². The van der Waals surface area contributed by atoms with E-state index in [-0.39, 0.29) is 16.7 Å². The van der Waals surface area contributed by atoms with Crippen molar-refractivity contribution in [3.63, 3.8) is 0 Å². The van der Waals surface area contributed by atoms with Crippen LogP contribution in [0.2, 0.25) is 0 Å². The zero-order valence-corrected chi connectivity index (χ0v) is 20.2. The Hall–Kier alpha value is -2.22. The third-order valence-electron chi connectivity index (χ3n) is 6.97. The third kappa shape index (κ3) is 5.31. The number of amides is 1. The number of rotatable bonds is 5. The molecule has 0 aliphatic carbocycles. The first-order valence-corrected chi connectivity index (χ1v) is 13.3. The van der Waals surface area contributed by atoms with Crippen LogP contribution in [0.1, 0.15) is 55.1 Å². The number of benzene rings is 2. The minimum atomic E-state index is -3.64. The number of nitrogens with zero attached hydrogens (tertiary/aromatic N) is 2. The highest BCUT2D eigenvalue weighted by Crippen LogP contribution is 2.31. The summed E-state index contributed by atoms with van der Waals surface area (Å²) in [6, 6.07) is 16.1. The Labute approximate surface area is 197 Å². The van der Waals surface area contributed by atoms with Crippen LogP contribution in [0.3, 0.4) is 0 Å². The largest absolute Gasteiger partial charge is 0.388 e. The fraction of sp³-hybridized carbons (Fsp3) is 0.500. The Morgan fingerprint density at radius 2 is 1.61 bits per heavy atom. The number of hydrogen-bond acceptors (Lipinski definition) is 4. The summed E-state index contributed by atoms with van der Waals surface area (Å²) < 4.78 is 28.1. The van der Waals surface area contributed by atoms with E-state index in [1.54, 1.807) is 27.4 Å². The molecular formula is C26H34N2O4S. The first-order chi connectivity index (χ1) is 15.8. The molecule has 3 atom stereocenters. The van der Waals surface area contributed by atoms with Crippen LogP contribution in [0.15, 0.2) is 59.5 Å². The van der Waals surface area contributed by atoms with Crippen LogP contribution in [0.25, 0.3) is 0 Å². The van der Waals surface area contributed by atoms with Gasteiger partial charge in [-0.1, -0.05) is 50.2 Å². The monoisotopic (exact) mass is 470 g/mol. The minimum Gasteiger partial charge on any atom is -0.388 e. The van der Waals surface area contributed by atoms with E-state index in [1.165, 1.54) is 6.07 Å². The van der Waals surface area contributed by atoms with Crippen LogP contribution in [0.4, 0.5) is 0 Å². The fourth-order valence-corrected chi connectivity index (χ4v) is 6.99. The average molecular weight is 471 g/mol. The Bertz CT molecular complexity index is 1050. The quantitative estimate of drug-likeness (QED) is 0.718. The smallest absolute Gasteiger partial charge is 0.253 e. The molecular weight excluding hydrogens is 436 g/mol.